The summed E-state index contributed by atoms with van der Waals surface area (Å²) in [5.41, 5.74) is 0. The topological polar surface area (TPSA) is 60.2 Å². The van der Waals surface area contributed by atoms with Crippen LogP contribution in [0.1, 0.15) is 24.6 Å². The van der Waals surface area contributed by atoms with Crippen LogP contribution in [-0.4, -0.2) is 35.9 Å². The third-order valence-corrected chi connectivity index (χ3v) is 2.40. The number of ether oxygens (including phenoxy) is 1. The molecular weight excluding hydrogens is 182 g/mol. The van der Waals surface area contributed by atoms with Crippen LogP contribution in [0, 0.1) is 6.92 Å². The largest absolute Gasteiger partial charge is 0.376 e. The van der Waals surface area contributed by atoms with Gasteiger partial charge in [-0.25, -0.2) is 0 Å². The Labute approximate surface area is 82.8 Å². The third kappa shape index (κ3) is 1.78. The summed E-state index contributed by atoms with van der Waals surface area (Å²) in [5, 5.41) is 7.05. The van der Waals surface area contributed by atoms with E-state index in [1.54, 1.807) is 0 Å². The molecule has 0 spiro atoms. The molecule has 14 heavy (non-hydrogen) atoms. The average molecular weight is 197 g/mol. The quantitative estimate of drug-likeness (QED) is 0.763. The van der Waals surface area contributed by atoms with Gasteiger partial charge in [0.2, 0.25) is 5.89 Å². The molecule has 2 heterocycles. The molecule has 1 aromatic rings. The van der Waals surface area contributed by atoms with Crippen LogP contribution >= 0.6 is 0 Å². The van der Waals surface area contributed by atoms with Gasteiger partial charge in [-0.2, -0.15) is 4.98 Å². The highest BCUT2D eigenvalue weighted by atomic mass is 16.5. The van der Waals surface area contributed by atoms with Crippen LogP contribution in [0.2, 0.25) is 0 Å². The van der Waals surface area contributed by atoms with Crippen LogP contribution in [0.4, 0.5) is 0 Å². The minimum Gasteiger partial charge on any atom is -0.376 e. The summed E-state index contributed by atoms with van der Waals surface area (Å²) in [5.74, 6) is 1.57. The number of nitrogens with one attached hydrogen (secondary N) is 1. The number of nitrogens with zero attached hydrogens (tertiary/aromatic N) is 2. The zero-order valence-electron chi connectivity index (χ0n) is 8.49. The van der Waals surface area contributed by atoms with Crippen LogP contribution in [-0.2, 0) is 4.74 Å². The average Bonchev–Trinajstić information content (AvgIpc) is 2.74. The second kappa shape index (κ2) is 4.06. The summed E-state index contributed by atoms with van der Waals surface area (Å²) < 4.78 is 10.7. The standard InChI is InChI=1S/C9H15N3O2/c1-3-13-8-5-10-4-7(8)9-11-6(2)12-14-9/h7-8,10H,3-5H2,1-2H3. The van der Waals surface area contributed by atoms with Gasteiger partial charge in [-0.3, -0.25) is 0 Å². The van der Waals surface area contributed by atoms with Crippen LogP contribution < -0.4 is 5.32 Å². The lowest BCUT2D eigenvalue weighted by molar-refractivity contribution is 0.0587. The molecule has 2 atom stereocenters. The van der Waals surface area contributed by atoms with Crippen molar-refractivity contribution in [1.29, 1.82) is 0 Å². The van der Waals surface area contributed by atoms with Crippen molar-refractivity contribution in [3.8, 4) is 0 Å². The van der Waals surface area contributed by atoms with Gasteiger partial charge in [-0.1, -0.05) is 5.16 Å². The smallest absolute Gasteiger partial charge is 0.233 e. The molecule has 1 aromatic heterocycles. The number of rotatable bonds is 3. The summed E-state index contributed by atoms with van der Waals surface area (Å²) in [6.45, 7) is 6.25. The van der Waals surface area contributed by atoms with Crippen LogP contribution in [0.15, 0.2) is 4.52 Å². The Morgan fingerprint density at radius 2 is 2.43 bits per heavy atom. The zero-order chi connectivity index (χ0) is 9.97. The highest BCUT2D eigenvalue weighted by molar-refractivity contribution is 5.02. The van der Waals surface area contributed by atoms with Gasteiger partial charge < -0.3 is 14.6 Å². The molecule has 1 fully saturated rings. The molecule has 0 aliphatic carbocycles. The van der Waals surface area contributed by atoms with E-state index in [2.05, 4.69) is 15.5 Å². The highest BCUT2D eigenvalue weighted by Gasteiger charge is 2.32. The zero-order valence-corrected chi connectivity index (χ0v) is 8.49. The minimum atomic E-state index is 0.167. The first-order valence-electron chi connectivity index (χ1n) is 4.93. The van der Waals surface area contributed by atoms with Crippen molar-refractivity contribution >= 4 is 0 Å². The van der Waals surface area contributed by atoms with Crippen molar-refractivity contribution < 1.29 is 9.26 Å². The molecular formula is C9H15N3O2. The second-order valence-corrected chi connectivity index (χ2v) is 3.44. The summed E-state index contributed by atoms with van der Waals surface area (Å²) in [6, 6.07) is 0. The lowest BCUT2D eigenvalue weighted by Crippen LogP contribution is -2.21. The van der Waals surface area contributed by atoms with Crippen molar-refractivity contribution in [2.45, 2.75) is 25.9 Å². The maximum atomic E-state index is 5.59. The first-order chi connectivity index (χ1) is 6.81. The van der Waals surface area contributed by atoms with Crippen molar-refractivity contribution in [1.82, 2.24) is 15.5 Å². The van der Waals surface area contributed by atoms with Crippen molar-refractivity contribution in [3.63, 3.8) is 0 Å². The number of aromatic nitrogens is 2. The molecule has 1 aliphatic heterocycles. The molecule has 5 nitrogen and oxygen atoms in total. The summed E-state index contributed by atoms with van der Waals surface area (Å²) in [6.07, 6.45) is 0.167. The molecule has 2 rings (SSSR count). The number of hydrogen-bond acceptors (Lipinski definition) is 5. The van der Waals surface area contributed by atoms with Gasteiger partial charge in [0.25, 0.3) is 0 Å². The molecule has 78 valence electrons. The molecule has 1 N–H and O–H groups in total. The predicted molar refractivity (Wildman–Crippen MR) is 50.1 cm³/mol. The lowest BCUT2D eigenvalue weighted by atomic mass is 10.1. The van der Waals surface area contributed by atoms with Gasteiger partial charge >= 0.3 is 0 Å². The third-order valence-electron chi connectivity index (χ3n) is 2.40. The van der Waals surface area contributed by atoms with Gasteiger partial charge in [0, 0.05) is 19.7 Å². The molecule has 0 bridgehead atoms. The van der Waals surface area contributed by atoms with Crippen LogP contribution in [0.3, 0.4) is 0 Å². The molecule has 0 amide bonds. The Morgan fingerprint density at radius 1 is 1.57 bits per heavy atom. The Hall–Kier alpha value is -0.940. The first-order valence-corrected chi connectivity index (χ1v) is 4.93. The second-order valence-electron chi connectivity index (χ2n) is 3.44. The lowest BCUT2D eigenvalue weighted by Gasteiger charge is -2.14. The van der Waals surface area contributed by atoms with E-state index in [1.807, 2.05) is 13.8 Å². The highest BCUT2D eigenvalue weighted by Crippen LogP contribution is 2.23. The normalized spacial score (nSPS) is 27.0. The van der Waals surface area contributed by atoms with Gasteiger partial charge in [0.15, 0.2) is 5.82 Å². The SMILES string of the molecule is CCOC1CNCC1c1nc(C)no1. The van der Waals surface area contributed by atoms with Crippen molar-refractivity contribution in [3.05, 3.63) is 11.7 Å². The van der Waals surface area contributed by atoms with Gasteiger partial charge in [-0.15, -0.1) is 0 Å². The Bertz CT molecular complexity index is 300. The van der Waals surface area contributed by atoms with Gasteiger partial charge in [-0.05, 0) is 13.8 Å². The van der Waals surface area contributed by atoms with E-state index in [9.17, 15) is 0 Å². The van der Waals surface area contributed by atoms with E-state index >= 15 is 0 Å². The fourth-order valence-electron chi connectivity index (χ4n) is 1.75. The minimum absolute atomic E-state index is 0.167. The van der Waals surface area contributed by atoms with Crippen molar-refractivity contribution in [2.24, 2.45) is 0 Å². The van der Waals surface area contributed by atoms with E-state index in [1.165, 1.54) is 0 Å². The van der Waals surface area contributed by atoms with E-state index < -0.39 is 0 Å². The molecule has 0 aromatic carbocycles. The maximum Gasteiger partial charge on any atom is 0.233 e. The van der Waals surface area contributed by atoms with Gasteiger partial charge in [0.05, 0.1) is 12.0 Å². The summed E-state index contributed by atoms with van der Waals surface area (Å²) in [7, 11) is 0. The van der Waals surface area contributed by atoms with E-state index in [-0.39, 0.29) is 12.0 Å². The molecule has 1 aliphatic rings. The first kappa shape index (κ1) is 9.61. The molecule has 0 saturated carbocycles. The molecule has 2 unspecified atom stereocenters. The van der Waals surface area contributed by atoms with Crippen LogP contribution in [0.25, 0.3) is 0 Å². The molecule has 5 heteroatoms. The monoisotopic (exact) mass is 197 g/mol. The van der Waals surface area contributed by atoms with Crippen molar-refractivity contribution in [2.75, 3.05) is 19.7 Å². The fourth-order valence-corrected chi connectivity index (χ4v) is 1.75. The molecule has 0 radical (unpaired) electrons. The summed E-state index contributed by atoms with van der Waals surface area (Å²) >= 11 is 0. The fraction of sp³-hybridized carbons (Fsp3) is 0.778. The van der Waals surface area contributed by atoms with E-state index in [0.717, 1.165) is 19.7 Å². The van der Waals surface area contributed by atoms with Gasteiger partial charge in [0.1, 0.15) is 0 Å². The maximum absolute atomic E-state index is 5.59. The number of hydrogen-bond donors (Lipinski definition) is 1. The van der Waals surface area contributed by atoms with Crippen LogP contribution in [0.5, 0.6) is 0 Å². The number of aryl methyl sites for hydroxylation is 1. The Kier molecular flexibility index (Phi) is 2.79. The predicted octanol–water partition coefficient (Wildman–Crippen LogP) is 0.470. The molecule has 1 saturated heterocycles. The van der Waals surface area contributed by atoms with E-state index in [0.29, 0.717) is 11.7 Å². The Balaban J connectivity index is 2.09. The van der Waals surface area contributed by atoms with E-state index in [4.69, 9.17) is 9.26 Å². The Morgan fingerprint density at radius 3 is 3.07 bits per heavy atom. The summed E-state index contributed by atoms with van der Waals surface area (Å²) in [4.78, 5) is 4.23.